The molecule has 0 aromatic heterocycles. The fourth-order valence-electron chi connectivity index (χ4n) is 4.10. The third-order valence-corrected chi connectivity index (χ3v) is 5.62. The number of hydrogen-bond donors (Lipinski definition) is 0. The average molecular weight is 369 g/mol. The molecule has 2 aromatic rings. The van der Waals surface area contributed by atoms with Crippen molar-refractivity contribution in [3.63, 3.8) is 0 Å². The Morgan fingerprint density at radius 3 is 2.73 bits per heavy atom. The smallest absolute Gasteiger partial charge is 0.0673 e. The van der Waals surface area contributed by atoms with Crippen LogP contribution in [0.1, 0.15) is 63.1 Å². The molecule has 0 radical (unpaired) electrons. The lowest BCUT2D eigenvalue weighted by Gasteiger charge is -2.47. The highest BCUT2D eigenvalue weighted by molar-refractivity contribution is 6.30. The molecule has 26 heavy (non-hydrogen) atoms. The van der Waals surface area contributed by atoms with Crippen LogP contribution < -0.4 is 4.90 Å². The quantitative estimate of drug-likeness (QED) is 0.536. The number of anilines is 1. The molecule has 1 atom stereocenters. The number of halogens is 1. The highest BCUT2D eigenvalue weighted by atomic mass is 35.5. The van der Waals surface area contributed by atoms with E-state index in [2.05, 4.69) is 62.7 Å². The Hall–Kier alpha value is -1.80. The van der Waals surface area contributed by atoms with E-state index >= 15 is 0 Å². The summed E-state index contributed by atoms with van der Waals surface area (Å²) in [4.78, 5) is 7.25. The van der Waals surface area contributed by atoms with E-state index in [1.807, 2.05) is 24.4 Å². The normalized spacial score (nSPS) is 19.0. The predicted octanol–water partition coefficient (Wildman–Crippen LogP) is 6.90. The van der Waals surface area contributed by atoms with E-state index in [1.54, 1.807) is 0 Å². The maximum Gasteiger partial charge on any atom is 0.0673 e. The summed E-state index contributed by atoms with van der Waals surface area (Å²) in [6.45, 7) is 12.5. The third-order valence-electron chi connectivity index (χ3n) is 5.38. The first kappa shape index (κ1) is 19.0. The second-order valence-electron chi connectivity index (χ2n) is 8.08. The molecule has 3 heteroatoms. The summed E-state index contributed by atoms with van der Waals surface area (Å²) in [5.74, 6) is 0.550. The van der Waals surface area contributed by atoms with E-state index in [9.17, 15) is 0 Å². The van der Waals surface area contributed by atoms with Crippen LogP contribution in [-0.2, 0) is 0 Å². The highest BCUT2D eigenvalue weighted by Gasteiger charge is 2.35. The first-order chi connectivity index (χ1) is 12.3. The van der Waals surface area contributed by atoms with Crippen molar-refractivity contribution < 1.29 is 0 Å². The summed E-state index contributed by atoms with van der Waals surface area (Å²) in [5, 5.41) is 0.722. The predicted molar refractivity (Wildman–Crippen MR) is 115 cm³/mol. The van der Waals surface area contributed by atoms with Crippen LogP contribution in [0.4, 0.5) is 11.4 Å². The summed E-state index contributed by atoms with van der Waals surface area (Å²) in [5.41, 5.74) is 6.22. The van der Waals surface area contributed by atoms with Gasteiger partial charge >= 0.3 is 0 Å². The maximum atomic E-state index is 6.11. The molecule has 3 rings (SSSR count). The number of aryl methyl sites for hydroxylation is 1. The Morgan fingerprint density at radius 1 is 1.23 bits per heavy atom. The molecule has 2 nitrogen and oxygen atoms in total. The van der Waals surface area contributed by atoms with Crippen molar-refractivity contribution in [2.45, 2.75) is 58.9 Å². The molecular formula is C23H29ClN2. The van der Waals surface area contributed by atoms with E-state index in [4.69, 9.17) is 11.6 Å². The van der Waals surface area contributed by atoms with Gasteiger partial charge in [-0.15, -0.1) is 0 Å². The first-order valence-electron chi connectivity index (χ1n) is 9.53. The first-order valence-corrected chi connectivity index (χ1v) is 9.91. The van der Waals surface area contributed by atoms with Crippen molar-refractivity contribution in [3.8, 4) is 0 Å². The summed E-state index contributed by atoms with van der Waals surface area (Å²) in [7, 11) is 0. The van der Waals surface area contributed by atoms with Crippen LogP contribution in [0.25, 0.3) is 0 Å². The third kappa shape index (κ3) is 3.81. The molecule has 0 amide bonds. The van der Waals surface area contributed by atoms with Crippen molar-refractivity contribution in [2.24, 2.45) is 4.99 Å². The van der Waals surface area contributed by atoms with Gasteiger partial charge in [0.2, 0.25) is 0 Å². The van der Waals surface area contributed by atoms with Gasteiger partial charge in [0.1, 0.15) is 0 Å². The van der Waals surface area contributed by atoms with Gasteiger partial charge in [-0.3, -0.25) is 4.99 Å². The molecule has 0 saturated heterocycles. The van der Waals surface area contributed by atoms with Gasteiger partial charge in [0, 0.05) is 29.0 Å². The standard InChI is InChI=1S/C23H29ClN2/c1-6-11-26-22-10-8-18(12-20(22)17(3)14-23(26,4)5)15-25-21-13-19(24)9-7-16(21)2/h7-10,12-13,15,17H,6,11,14H2,1-5H3. The van der Waals surface area contributed by atoms with E-state index < -0.39 is 0 Å². The SMILES string of the molecule is CCCN1c2ccc(C=Nc3cc(Cl)ccc3C)cc2C(C)CC1(C)C. The van der Waals surface area contributed by atoms with E-state index in [1.165, 1.54) is 17.7 Å². The number of hydrogen-bond acceptors (Lipinski definition) is 2. The molecule has 0 bridgehead atoms. The topological polar surface area (TPSA) is 15.6 Å². The van der Waals surface area contributed by atoms with Crippen molar-refractivity contribution in [3.05, 3.63) is 58.1 Å². The molecule has 0 saturated carbocycles. The number of aliphatic imine (C=N–C) groups is 1. The van der Waals surface area contributed by atoms with Gasteiger partial charge in [-0.2, -0.15) is 0 Å². The molecule has 0 fully saturated rings. The minimum atomic E-state index is 0.204. The Labute approximate surface area is 162 Å². The molecule has 1 aliphatic heterocycles. The molecule has 0 N–H and O–H groups in total. The van der Waals surface area contributed by atoms with Crippen molar-refractivity contribution in [2.75, 3.05) is 11.4 Å². The van der Waals surface area contributed by atoms with Gasteiger partial charge in [0.25, 0.3) is 0 Å². The maximum absolute atomic E-state index is 6.11. The van der Waals surface area contributed by atoms with Gasteiger partial charge in [-0.25, -0.2) is 0 Å². The zero-order chi connectivity index (χ0) is 18.9. The van der Waals surface area contributed by atoms with Gasteiger partial charge in [0.05, 0.1) is 5.69 Å². The van der Waals surface area contributed by atoms with Crippen molar-refractivity contribution >= 4 is 29.2 Å². The lowest BCUT2D eigenvalue weighted by molar-refractivity contribution is 0.376. The van der Waals surface area contributed by atoms with Gasteiger partial charge in [0.15, 0.2) is 0 Å². The molecule has 2 aromatic carbocycles. The summed E-state index contributed by atoms with van der Waals surface area (Å²) in [6.07, 6.45) is 4.29. The summed E-state index contributed by atoms with van der Waals surface area (Å²) >= 11 is 6.11. The van der Waals surface area contributed by atoms with Crippen LogP contribution in [0.5, 0.6) is 0 Å². The number of benzene rings is 2. The lowest BCUT2D eigenvalue weighted by atomic mass is 9.79. The Bertz CT molecular complexity index is 823. The van der Waals surface area contributed by atoms with Gasteiger partial charge < -0.3 is 4.90 Å². The molecule has 1 heterocycles. The zero-order valence-electron chi connectivity index (χ0n) is 16.5. The van der Waals surface area contributed by atoms with Crippen LogP contribution >= 0.6 is 11.6 Å². The van der Waals surface area contributed by atoms with Crippen LogP contribution in [0, 0.1) is 6.92 Å². The van der Waals surface area contributed by atoms with E-state index in [0.717, 1.165) is 34.8 Å². The Kier molecular flexibility index (Phi) is 5.43. The minimum absolute atomic E-state index is 0.204. The zero-order valence-corrected chi connectivity index (χ0v) is 17.3. The van der Waals surface area contributed by atoms with Gasteiger partial charge in [-0.1, -0.05) is 37.6 Å². The fourth-order valence-corrected chi connectivity index (χ4v) is 4.27. The molecule has 1 unspecified atom stereocenters. The van der Waals surface area contributed by atoms with Crippen molar-refractivity contribution in [1.82, 2.24) is 0 Å². The Morgan fingerprint density at radius 2 is 2.00 bits per heavy atom. The summed E-state index contributed by atoms with van der Waals surface area (Å²) in [6, 6.07) is 12.6. The van der Waals surface area contributed by atoms with Crippen LogP contribution in [0.3, 0.4) is 0 Å². The molecule has 0 aliphatic carbocycles. The average Bonchev–Trinajstić information content (AvgIpc) is 2.59. The van der Waals surface area contributed by atoms with E-state index in [-0.39, 0.29) is 5.54 Å². The number of fused-ring (bicyclic) bond motifs is 1. The van der Waals surface area contributed by atoms with Crippen LogP contribution in [0.15, 0.2) is 41.4 Å². The van der Waals surface area contributed by atoms with Crippen LogP contribution in [0.2, 0.25) is 5.02 Å². The second-order valence-corrected chi connectivity index (χ2v) is 8.51. The Balaban J connectivity index is 1.94. The molecule has 138 valence electrons. The second kappa shape index (κ2) is 7.44. The highest BCUT2D eigenvalue weighted by Crippen LogP contribution is 2.43. The van der Waals surface area contributed by atoms with Gasteiger partial charge in [-0.05, 0) is 80.5 Å². The summed E-state index contributed by atoms with van der Waals surface area (Å²) < 4.78 is 0. The monoisotopic (exact) mass is 368 g/mol. The lowest BCUT2D eigenvalue weighted by Crippen LogP contribution is -2.48. The number of nitrogens with zero attached hydrogens (tertiary/aromatic N) is 2. The van der Waals surface area contributed by atoms with Crippen molar-refractivity contribution in [1.29, 1.82) is 0 Å². The largest absolute Gasteiger partial charge is 0.366 e. The minimum Gasteiger partial charge on any atom is -0.366 e. The molecule has 0 spiro atoms. The molecular weight excluding hydrogens is 340 g/mol. The molecule has 1 aliphatic rings. The fraction of sp³-hybridized carbons (Fsp3) is 0.435. The number of rotatable bonds is 4. The van der Waals surface area contributed by atoms with E-state index in [0.29, 0.717) is 5.92 Å². The van der Waals surface area contributed by atoms with Crippen LogP contribution in [-0.4, -0.2) is 18.3 Å².